The van der Waals surface area contributed by atoms with Gasteiger partial charge in [-0.2, -0.15) is 0 Å². The summed E-state index contributed by atoms with van der Waals surface area (Å²) < 4.78 is 5.48. The van der Waals surface area contributed by atoms with Crippen LogP contribution in [0.5, 0.6) is 0 Å². The first-order chi connectivity index (χ1) is 9.65. The number of anilines is 2. The van der Waals surface area contributed by atoms with Crippen molar-refractivity contribution in [1.29, 1.82) is 0 Å². The van der Waals surface area contributed by atoms with Gasteiger partial charge in [-0.25, -0.2) is 9.97 Å². The molecule has 1 aromatic heterocycles. The quantitative estimate of drug-likeness (QED) is 0.803. The van der Waals surface area contributed by atoms with Crippen molar-refractivity contribution in [2.75, 3.05) is 30.4 Å². The minimum Gasteiger partial charge on any atom is -0.379 e. The highest BCUT2D eigenvalue weighted by Crippen LogP contribution is 2.24. The molecule has 1 aromatic rings. The van der Waals surface area contributed by atoms with Crippen LogP contribution < -0.4 is 10.6 Å². The summed E-state index contributed by atoms with van der Waals surface area (Å²) in [5.41, 5.74) is -0.0140. The Morgan fingerprint density at radius 3 is 2.70 bits per heavy atom. The fraction of sp³-hybridized carbons (Fsp3) is 0.733. The fourth-order valence-corrected chi connectivity index (χ4v) is 2.32. The van der Waals surface area contributed by atoms with Crippen LogP contribution in [0, 0.1) is 0 Å². The van der Waals surface area contributed by atoms with Crippen LogP contribution in [0.3, 0.4) is 0 Å². The molecular formula is C15H26N4O. The number of aryl methyl sites for hydroxylation is 1. The van der Waals surface area contributed by atoms with Gasteiger partial charge < -0.3 is 15.4 Å². The van der Waals surface area contributed by atoms with E-state index in [-0.39, 0.29) is 5.54 Å². The lowest BCUT2D eigenvalue weighted by molar-refractivity contribution is 0.185. The van der Waals surface area contributed by atoms with Gasteiger partial charge in [-0.1, -0.05) is 13.8 Å². The second-order valence-electron chi connectivity index (χ2n) is 5.72. The van der Waals surface area contributed by atoms with Crippen LogP contribution in [0.1, 0.15) is 45.9 Å². The third-order valence-corrected chi connectivity index (χ3v) is 3.45. The van der Waals surface area contributed by atoms with Crippen molar-refractivity contribution in [3.8, 4) is 0 Å². The van der Waals surface area contributed by atoms with E-state index < -0.39 is 0 Å². The lowest BCUT2D eigenvalue weighted by atomic mass is 10.0. The highest BCUT2D eigenvalue weighted by atomic mass is 16.5. The molecule has 0 amide bonds. The van der Waals surface area contributed by atoms with Crippen LogP contribution in [0.15, 0.2) is 6.07 Å². The summed E-state index contributed by atoms with van der Waals surface area (Å²) in [6.45, 7) is 8.96. The average molecular weight is 278 g/mol. The number of hydrogen-bond acceptors (Lipinski definition) is 5. The Bertz CT molecular complexity index is 430. The Morgan fingerprint density at radius 1 is 1.25 bits per heavy atom. The first-order valence-corrected chi connectivity index (χ1v) is 7.63. The van der Waals surface area contributed by atoms with Crippen molar-refractivity contribution in [3.05, 3.63) is 11.9 Å². The standard InChI is InChI=1S/C15H26N4O/c1-4-6-12-17-13(16-8-5-2)10-14(18-12)19-15(3)7-9-20-11-15/h10H,4-9,11H2,1-3H3,(H2,16,17,18,19). The Kier molecular flexibility index (Phi) is 5.17. The van der Waals surface area contributed by atoms with E-state index in [1.165, 1.54) is 0 Å². The molecule has 2 heterocycles. The maximum atomic E-state index is 5.48. The minimum atomic E-state index is -0.0140. The van der Waals surface area contributed by atoms with Gasteiger partial charge in [0, 0.05) is 25.6 Å². The van der Waals surface area contributed by atoms with Crippen LogP contribution in [0.2, 0.25) is 0 Å². The first-order valence-electron chi connectivity index (χ1n) is 7.63. The predicted octanol–water partition coefficient (Wildman–Crippen LogP) is 2.84. The third-order valence-electron chi connectivity index (χ3n) is 3.45. The molecule has 0 aliphatic carbocycles. The van der Waals surface area contributed by atoms with E-state index in [2.05, 4.69) is 41.4 Å². The molecule has 2 rings (SSSR count). The van der Waals surface area contributed by atoms with Crippen molar-refractivity contribution in [3.63, 3.8) is 0 Å². The fourth-order valence-electron chi connectivity index (χ4n) is 2.32. The molecule has 0 spiro atoms. The Hall–Kier alpha value is -1.36. The summed E-state index contributed by atoms with van der Waals surface area (Å²) in [7, 11) is 0. The van der Waals surface area contributed by atoms with Gasteiger partial charge in [-0.05, 0) is 26.2 Å². The Labute approximate surface area is 121 Å². The van der Waals surface area contributed by atoms with Gasteiger partial charge >= 0.3 is 0 Å². The zero-order valence-electron chi connectivity index (χ0n) is 12.8. The van der Waals surface area contributed by atoms with Gasteiger partial charge in [0.1, 0.15) is 17.5 Å². The summed E-state index contributed by atoms with van der Waals surface area (Å²) in [4.78, 5) is 9.19. The molecule has 0 radical (unpaired) electrons. The number of aromatic nitrogens is 2. The number of ether oxygens (including phenoxy) is 1. The van der Waals surface area contributed by atoms with Gasteiger partial charge in [-0.3, -0.25) is 0 Å². The molecule has 5 nitrogen and oxygen atoms in total. The highest BCUT2D eigenvalue weighted by Gasteiger charge is 2.30. The SMILES string of the molecule is CCCNc1cc(NC2(C)CCOC2)nc(CCC)n1. The molecule has 2 N–H and O–H groups in total. The summed E-state index contributed by atoms with van der Waals surface area (Å²) in [6.07, 6.45) is 4.06. The molecule has 1 fully saturated rings. The molecule has 112 valence electrons. The molecule has 0 saturated carbocycles. The van der Waals surface area contributed by atoms with Gasteiger partial charge in [0.25, 0.3) is 0 Å². The second-order valence-corrected chi connectivity index (χ2v) is 5.72. The number of hydrogen-bond donors (Lipinski definition) is 2. The molecule has 0 bridgehead atoms. The number of nitrogens with zero attached hydrogens (tertiary/aromatic N) is 2. The lowest BCUT2D eigenvalue weighted by Gasteiger charge is -2.24. The predicted molar refractivity (Wildman–Crippen MR) is 82.3 cm³/mol. The molecule has 1 unspecified atom stereocenters. The largest absolute Gasteiger partial charge is 0.379 e. The van der Waals surface area contributed by atoms with Crippen LogP contribution in [0.4, 0.5) is 11.6 Å². The molecule has 1 saturated heterocycles. The average Bonchev–Trinajstić information content (AvgIpc) is 2.83. The van der Waals surface area contributed by atoms with E-state index in [9.17, 15) is 0 Å². The number of rotatable bonds is 7. The summed E-state index contributed by atoms with van der Waals surface area (Å²) in [5.74, 6) is 2.71. The molecule has 1 atom stereocenters. The smallest absolute Gasteiger partial charge is 0.133 e. The van der Waals surface area contributed by atoms with E-state index in [1.807, 2.05) is 6.07 Å². The maximum absolute atomic E-state index is 5.48. The normalized spacial score (nSPS) is 21.9. The number of nitrogens with one attached hydrogen (secondary N) is 2. The van der Waals surface area contributed by atoms with Crippen LogP contribution in [-0.2, 0) is 11.2 Å². The second kappa shape index (κ2) is 6.88. The lowest BCUT2D eigenvalue weighted by Crippen LogP contribution is -2.35. The van der Waals surface area contributed by atoms with Crippen LogP contribution in [0.25, 0.3) is 0 Å². The molecule has 1 aliphatic rings. The van der Waals surface area contributed by atoms with Gasteiger partial charge in [0.05, 0.1) is 12.1 Å². The van der Waals surface area contributed by atoms with Gasteiger partial charge in [-0.15, -0.1) is 0 Å². The molecular weight excluding hydrogens is 252 g/mol. The molecule has 1 aliphatic heterocycles. The topological polar surface area (TPSA) is 59.1 Å². The van der Waals surface area contributed by atoms with Crippen LogP contribution >= 0.6 is 0 Å². The maximum Gasteiger partial charge on any atom is 0.133 e. The summed E-state index contributed by atoms with van der Waals surface area (Å²) in [6, 6.07) is 2.00. The van der Waals surface area contributed by atoms with E-state index in [0.29, 0.717) is 0 Å². The van der Waals surface area contributed by atoms with Gasteiger partial charge in [0.15, 0.2) is 0 Å². The minimum absolute atomic E-state index is 0.0140. The van der Waals surface area contributed by atoms with Crippen molar-refractivity contribution >= 4 is 11.6 Å². The zero-order chi connectivity index (χ0) is 14.4. The monoisotopic (exact) mass is 278 g/mol. The summed E-state index contributed by atoms with van der Waals surface area (Å²) >= 11 is 0. The van der Waals surface area contributed by atoms with E-state index in [0.717, 1.165) is 62.9 Å². The van der Waals surface area contributed by atoms with E-state index in [1.54, 1.807) is 0 Å². The van der Waals surface area contributed by atoms with Crippen molar-refractivity contribution in [2.24, 2.45) is 0 Å². The highest BCUT2D eigenvalue weighted by molar-refractivity contribution is 5.49. The Morgan fingerprint density at radius 2 is 2.05 bits per heavy atom. The third kappa shape index (κ3) is 4.07. The molecule has 20 heavy (non-hydrogen) atoms. The van der Waals surface area contributed by atoms with Crippen molar-refractivity contribution in [2.45, 2.75) is 52.0 Å². The van der Waals surface area contributed by atoms with Crippen LogP contribution in [-0.4, -0.2) is 35.3 Å². The van der Waals surface area contributed by atoms with E-state index in [4.69, 9.17) is 4.74 Å². The molecule has 0 aromatic carbocycles. The van der Waals surface area contributed by atoms with Crippen molar-refractivity contribution < 1.29 is 4.74 Å². The molecule has 5 heteroatoms. The summed E-state index contributed by atoms with van der Waals surface area (Å²) in [5, 5.41) is 6.87. The van der Waals surface area contributed by atoms with E-state index >= 15 is 0 Å². The Balaban J connectivity index is 2.14. The van der Waals surface area contributed by atoms with Gasteiger partial charge in [0.2, 0.25) is 0 Å². The zero-order valence-corrected chi connectivity index (χ0v) is 12.8. The first kappa shape index (κ1) is 15.0. The van der Waals surface area contributed by atoms with Crippen molar-refractivity contribution in [1.82, 2.24) is 9.97 Å².